The van der Waals surface area contributed by atoms with Crippen LogP contribution in [0.25, 0.3) is 11.0 Å². The summed E-state index contributed by atoms with van der Waals surface area (Å²) < 4.78 is 76.8. The van der Waals surface area contributed by atoms with Crippen LogP contribution in [0, 0.1) is 0 Å². The van der Waals surface area contributed by atoms with E-state index < -0.39 is 35.8 Å². The fourth-order valence-corrected chi connectivity index (χ4v) is 4.39. The first-order valence-electron chi connectivity index (χ1n) is 11.9. The van der Waals surface area contributed by atoms with Crippen molar-refractivity contribution in [3.63, 3.8) is 0 Å². The molecule has 1 aliphatic heterocycles. The van der Waals surface area contributed by atoms with Crippen LogP contribution in [0.1, 0.15) is 31.2 Å². The number of rotatable bonds is 4. The third-order valence-electron chi connectivity index (χ3n) is 6.34. The molecule has 1 saturated heterocycles. The SMILES string of the molecule is Nc1n[nH]c2ncc(O[C@H]3CC[C@H](N4C(=O)CN(c5cncc(C(F)(F)F)c5)C4=O)CC3)cc12.O=C(O)C(F)(F)F. The van der Waals surface area contributed by atoms with Gasteiger partial charge in [-0.2, -0.15) is 31.4 Å². The molecule has 0 spiro atoms. The van der Waals surface area contributed by atoms with Gasteiger partial charge in [0.15, 0.2) is 11.5 Å². The number of aliphatic carboxylic acids is 1. The van der Waals surface area contributed by atoms with Crippen LogP contribution in [0.4, 0.5) is 42.6 Å². The molecule has 0 aromatic carbocycles. The standard InChI is InChI=1S/C21H20F3N7O3.C2HF3O2/c22-21(23,24)11-5-13(8-26-7-11)30-10-17(32)31(20(30)33)12-1-3-14(4-2-12)34-15-6-16-18(25)28-29-19(16)27-9-15;3-2(4,5)1(6)7/h5-9,12,14H,1-4,10H2,(H3,25,27,28,29);(H,6,7)/t12-,14-;. The molecule has 41 heavy (non-hydrogen) atoms. The van der Waals surface area contributed by atoms with Gasteiger partial charge in [0.2, 0.25) is 0 Å². The second-order valence-electron chi connectivity index (χ2n) is 9.09. The highest BCUT2D eigenvalue weighted by molar-refractivity contribution is 6.12. The van der Waals surface area contributed by atoms with Crippen molar-refractivity contribution in [1.29, 1.82) is 0 Å². The van der Waals surface area contributed by atoms with E-state index in [9.17, 15) is 35.9 Å². The van der Waals surface area contributed by atoms with Crippen LogP contribution in [-0.2, 0) is 15.8 Å². The number of alkyl halides is 6. The van der Waals surface area contributed by atoms with Gasteiger partial charge in [0.25, 0.3) is 5.91 Å². The number of H-pyrrole nitrogens is 1. The predicted octanol–water partition coefficient (Wildman–Crippen LogP) is 3.75. The summed E-state index contributed by atoms with van der Waals surface area (Å²) in [7, 11) is 0. The monoisotopic (exact) mass is 589 g/mol. The van der Waals surface area contributed by atoms with Crippen LogP contribution in [0.2, 0.25) is 0 Å². The van der Waals surface area contributed by atoms with Crippen molar-refractivity contribution in [1.82, 2.24) is 25.1 Å². The lowest BCUT2D eigenvalue weighted by atomic mass is 9.92. The lowest BCUT2D eigenvalue weighted by Gasteiger charge is -2.33. The fraction of sp³-hybridized carbons (Fsp3) is 0.391. The molecule has 12 nitrogen and oxygen atoms in total. The summed E-state index contributed by atoms with van der Waals surface area (Å²) in [5, 5.41) is 14.4. The van der Waals surface area contributed by atoms with Crippen LogP contribution in [0.15, 0.2) is 30.7 Å². The molecule has 0 atom stereocenters. The number of hydrogen-bond donors (Lipinski definition) is 3. The number of carbonyl (C=O) groups excluding carboxylic acids is 2. The Kier molecular flexibility index (Phi) is 7.94. The van der Waals surface area contributed by atoms with E-state index in [0.717, 1.165) is 22.1 Å². The zero-order valence-electron chi connectivity index (χ0n) is 20.7. The molecular formula is C23H21F6N7O5. The van der Waals surface area contributed by atoms with Crippen LogP contribution in [0.3, 0.4) is 0 Å². The van der Waals surface area contributed by atoms with Crippen molar-refractivity contribution < 1.29 is 50.6 Å². The van der Waals surface area contributed by atoms with Gasteiger partial charge in [-0.25, -0.2) is 14.6 Å². The number of fused-ring (bicyclic) bond motifs is 1. The van der Waals surface area contributed by atoms with Gasteiger partial charge in [-0.3, -0.25) is 24.7 Å². The molecule has 0 unspecified atom stereocenters. The molecule has 2 aliphatic rings. The number of ether oxygens (including phenoxy) is 1. The van der Waals surface area contributed by atoms with Crippen molar-refractivity contribution in [2.75, 3.05) is 17.2 Å². The minimum Gasteiger partial charge on any atom is -0.489 e. The van der Waals surface area contributed by atoms with E-state index in [-0.39, 0.29) is 24.4 Å². The largest absolute Gasteiger partial charge is 0.490 e. The van der Waals surface area contributed by atoms with Gasteiger partial charge in [0.05, 0.1) is 35.1 Å². The average molecular weight is 589 g/mol. The number of nitrogens with zero attached hydrogens (tertiary/aromatic N) is 5. The first kappa shape index (κ1) is 29.3. The van der Waals surface area contributed by atoms with Crippen molar-refractivity contribution >= 4 is 40.4 Å². The van der Waals surface area contributed by atoms with E-state index in [0.29, 0.717) is 54.5 Å². The lowest BCUT2D eigenvalue weighted by Crippen LogP contribution is -2.44. The maximum Gasteiger partial charge on any atom is 0.490 e. The smallest absolute Gasteiger partial charge is 0.489 e. The highest BCUT2D eigenvalue weighted by Gasteiger charge is 2.43. The summed E-state index contributed by atoms with van der Waals surface area (Å²) in [6.07, 6.45) is -4.22. The number of carbonyl (C=O) groups is 3. The summed E-state index contributed by atoms with van der Waals surface area (Å²) >= 11 is 0. The Bertz CT molecular complexity index is 1450. The quantitative estimate of drug-likeness (QED) is 0.303. The van der Waals surface area contributed by atoms with Crippen molar-refractivity contribution in [2.45, 2.75) is 50.2 Å². The number of urea groups is 1. The molecule has 1 aliphatic carbocycles. The lowest BCUT2D eigenvalue weighted by molar-refractivity contribution is -0.192. The molecular weight excluding hydrogens is 568 g/mol. The van der Waals surface area contributed by atoms with E-state index in [4.69, 9.17) is 20.4 Å². The van der Waals surface area contributed by atoms with Crippen molar-refractivity contribution in [3.8, 4) is 5.75 Å². The molecule has 5 rings (SSSR count). The van der Waals surface area contributed by atoms with Crippen LogP contribution in [-0.4, -0.2) is 72.9 Å². The second-order valence-corrected chi connectivity index (χ2v) is 9.09. The number of carboxylic acid groups (broad SMARTS) is 1. The third kappa shape index (κ3) is 6.58. The van der Waals surface area contributed by atoms with Gasteiger partial charge in [-0.1, -0.05) is 0 Å². The number of pyridine rings is 2. The predicted molar refractivity (Wildman–Crippen MR) is 127 cm³/mol. The maximum atomic E-state index is 13.0. The first-order chi connectivity index (χ1) is 19.1. The molecule has 3 amide bonds. The maximum absolute atomic E-state index is 13.0. The highest BCUT2D eigenvalue weighted by Crippen LogP contribution is 2.34. The summed E-state index contributed by atoms with van der Waals surface area (Å²) in [5.41, 5.74) is 5.32. The first-order valence-corrected chi connectivity index (χ1v) is 11.9. The summed E-state index contributed by atoms with van der Waals surface area (Å²) in [6.45, 7) is -0.323. The number of anilines is 2. The summed E-state index contributed by atoms with van der Waals surface area (Å²) in [4.78, 5) is 44.4. The Labute approximate surface area is 226 Å². The number of nitrogens with two attached hydrogens (primary N) is 1. The van der Waals surface area contributed by atoms with Gasteiger partial charge in [-0.05, 0) is 37.8 Å². The second kappa shape index (κ2) is 11.1. The third-order valence-corrected chi connectivity index (χ3v) is 6.34. The van der Waals surface area contributed by atoms with E-state index in [1.165, 1.54) is 0 Å². The fourth-order valence-electron chi connectivity index (χ4n) is 4.39. The zero-order valence-corrected chi connectivity index (χ0v) is 20.7. The number of nitrogens with one attached hydrogen (secondary N) is 1. The van der Waals surface area contributed by atoms with Crippen molar-refractivity contribution in [2.24, 2.45) is 0 Å². The topological polar surface area (TPSA) is 168 Å². The molecule has 1 saturated carbocycles. The van der Waals surface area contributed by atoms with Crippen LogP contribution >= 0.6 is 0 Å². The number of carboxylic acids is 1. The van der Waals surface area contributed by atoms with Crippen LogP contribution in [0.5, 0.6) is 5.75 Å². The Morgan fingerprint density at radius 1 is 1.05 bits per heavy atom. The summed E-state index contributed by atoms with van der Waals surface area (Å²) in [5.74, 6) is -2.34. The Balaban J connectivity index is 0.000000493. The number of aromatic amines is 1. The van der Waals surface area contributed by atoms with Gasteiger partial charge in [-0.15, -0.1) is 0 Å². The van der Waals surface area contributed by atoms with E-state index >= 15 is 0 Å². The average Bonchev–Trinajstić information content (AvgIpc) is 3.42. The number of imide groups is 1. The van der Waals surface area contributed by atoms with Gasteiger partial charge in [0.1, 0.15) is 12.3 Å². The van der Waals surface area contributed by atoms with Gasteiger partial charge >= 0.3 is 24.4 Å². The van der Waals surface area contributed by atoms with Gasteiger partial charge in [0, 0.05) is 12.2 Å². The zero-order chi connectivity index (χ0) is 30.1. The minimum absolute atomic E-state index is 0.0610. The van der Waals surface area contributed by atoms with Crippen molar-refractivity contribution in [3.05, 3.63) is 36.3 Å². The molecule has 4 heterocycles. The Morgan fingerprint density at radius 2 is 1.71 bits per heavy atom. The number of amides is 3. The molecule has 220 valence electrons. The molecule has 0 bridgehead atoms. The highest BCUT2D eigenvalue weighted by atomic mass is 19.4. The molecule has 4 N–H and O–H groups in total. The van der Waals surface area contributed by atoms with E-state index in [1.807, 2.05) is 0 Å². The van der Waals surface area contributed by atoms with Crippen LogP contribution < -0.4 is 15.4 Å². The van der Waals surface area contributed by atoms with E-state index in [2.05, 4.69) is 20.2 Å². The van der Waals surface area contributed by atoms with Gasteiger partial charge < -0.3 is 15.6 Å². The number of aromatic nitrogens is 4. The summed E-state index contributed by atoms with van der Waals surface area (Å²) in [6, 6.07) is 1.58. The minimum atomic E-state index is -5.08. The molecule has 3 aromatic rings. The number of nitrogen functional groups attached to an aromatic ring is 1. The number of hydrogen-bond acceptors (Lipinski definition) is 8. The Hall–Kier alpha value is -4.64. The molecule has 3 aromatic heterocycles. The molecule has 2 fully saturated rings. The van der Waals surface area contributed by atoms with E-state index in [1.54, 1.807) is 12.3 Å². The Morgan fingerprint density at radius 3 is 2.32 bits per heavy atom. The number of halogens is 6. The molecule has 0 radical (unpaired) electrons. The normalized spacial score (nSPS) is 19.8. The molecule has 18 heteroatoms.